The maximum atomic E-state index is 3.58. The fraction of sp³-hybridized carbons (Fsp3) is 0.412. The van der Waals surface area contributed by atoms with Gasteiger partial charge >= 0.3 is 0 Å². The number of thiophene rings is 1. The molecule has 0 radical (unpaired) electrons. The van der Waals surface area contributed by atoms with Crippen LogP contribution in [0.2, 0.25) is 0 Å². The number of benzene rings is 1. The van der Waals surface area contributed by atoms with Gasteiger partial charge in [-0.15, -0.1) is 11.3 Å². The van der Waals surface area contributed by atoms with Crippen LogP contribution in [-0.2, 0) is 6.42 Å². The Bertz CT molecular complexity index is 547. The summed E-state index contributed by atoms with van der Waals surface area (Å²) < 4.78 is 1.22. The van der Waals surface area contributed by atoms with Gasteiger partial charge in [-0.1, -0.05) is 43.7 Å². The van der Waals surface area contributed by atoms with Crippen molar-refractivity contribution in [2.24, 2.45) is 0 Å². The van der Waals surface area contributed by atoms with E-state index in [9.17, 15) is 0 Å². The number of hydrogen-bond acceptors (Lipinski definition) is 2. The van der Waals surface area contributed by atoms with Crippen LogP contribution in [0.25, 0.3) is 0 Å². The maximum absolute atomic E-state index is 3.58. The van der Waals surface area contributed by atoms with Gasteiger partial charge in [0.15, 0.2) is 0 Å². The summed E-state index contributed by atoms with van der Waals surface area (Å²) in [5, 5.41) is 3.58. The van der Waals surface area contributed by atoms with E-state index in [1.165, 1.54) is 19.8 Å². The molecule has 1 aromatic carbocycles. The zero-order chi connectivity index (χ0) is 14.5. The van der Waals surface area contributed by atoms with Gasteiger partial charge in [0.05, 0.1) is 3.79 Å². The quantitative estimate of drug-likeness (QED) is 0.759. The molecule has 108 valence electrons. The summed E-state index contributed by atoms with van der Waals surface area (Å²) in [6.07, 6.45) is 1.10. The summed E-state index contributed by atoms with van der Waals surface area (Å²) in [5.74, 6) is 0.530. The summed E-state index contributed by atoms with van der Waals surface area (Å²) in [7, 11) is 0. The lowest BCUT2D eigenvalue weighted by atomic mass is 9.93. The highest BCUT2D eigenvalue weighted by Gasteiger charge is 2.14. The highest BCUT2D eigenvalue weighted by molar-refractivity contribution is 9.11. The zero-order valence-electron chi connectivity index (χ0n) is 12.3. The Morgan fingerprint density at radius 1 is 1.20 bits per heavy atom. The zero-order valence-corrected chi connectivity index (χ0v) is 14.7. The van der Waals surface area contributed by atoms with Crippen molar-refractivity contribution in [3.05, 3.63) is 56.2 Å². The lowest BCUT2D eigenvalue weighted by Crippen LogP contribution is -2.28. The molecule has 1 unspecified atom stereocenters. The van der Waals surface area contributed by atoms with Crippen molar-refractivity contribution in [1.82, 2.24) is 5.32 Å². The van der Waals surface area contributed by atoms with Gasteiger partial charge in [0.1, 0.15) is 0 Å². The minimum Gasteiger partial charge on any atom is -0.314 e. The van der Waals surface area contributed by atoms with Crippen LogP contribution < -0.4 is 5.32 Å². The van der Waals surface area contributed by atoms with Crippen LogP contribution in [0.1, 0.15) is 35.8 Å². The van der Waals surface area contributed by atoms with Gasteiger partial charge in [-0.2, -0.15) is 0 Å². The third-order valence-electron chi connectivity index (χ3n) is 3.36. The third kappa shape index (κ3) is 4.72. The first-order chi connectivity index (χ1) is 9.54. The summed E-state index contributed by atoms with van der Waals surface area (Å²) in [4.78, 5) is 1.44. The second kappa shape index (κ2) is 7.39. The molecule has 0 spiro atoms. The van der Waals surface area contributed by atoms with E-state index in [2.05, 4.69) is 78.4 Å². The minimum absolute atomic E-state index is 0.525. The van der Waals surface area contributed by atoms with Crippen LogP contribution in [0.3, 0.4) is 0 Å². The second-order valence-electron chi connectivity index (χ2n) is 5.58. The van der Waals surface area contributed by atoms with Crippen molar-refractivity contribution in [1.29, 1.82) is 0 Å². The molecule has 1 aromatic heterocycles. The molecule has 0 saturated heterocycles. The number of halogens is 1. The molecular formula is C17H22BrNS. The highest BCUT2D eigenvalue weighted by Crippen LogP contribution is 2.28. The van der Waals surface area contributed by atoms with Crippen molar-refractivity contribution >= 4 is 27.3 Å². The summed E-state index contributed by atoms with van der Waals surface area (Å²) in [6.45, 7) is 7.60. The molecule has 0 aliphatic carbocycles. The molecule has 2 aromatic rings. The predicted molar refractivity (Wildman–Crippen MR) is 92.8 cm³/mol. The summed E-state index contributed by atoms with van der Waals surface area (Å²) in [6, 6.07) is 13.8. The van der Waals surface area contributed by atoms with Gasteiger partial charge in [-0.25, -0.2) is 0 Å². The SMILES string of the molecule is Cc1cccc(C(CNC(C)C)Cc2ccc(Br)s2)c1. The second-order valence-corrected chi connectivity index (χ2v) is 8.13. The van der Waals surface area contributed by atoms with E-state index in [0.29, 0.717) is 12.0 Å². The lowest BCUT2D eigenvalue weighted by Gasteiger charge is -2.19. The Morgan fingerprint density at radius 2 is 2.00 bits per heavy atom. The Kier molecular flexibility index (Phi) is 5.82. The first-order valence-electron chi connectivity index (χ1n) is 7.08. The van der Waals surface area contributed by atoms with Crippen molar-refractivity contribution in [3.63, 3.8) is 0 Å². The van der Waals surface area contributed by atoms with E-state index < -0.39 is 0 Å². The van der Waals surface area contributed by atoms with Crippen LogP contribution in [0.4, 0.5) is 0 Å². The smallest absolute Gasteiger partial charge is 0.0701 e. The fourth-order valence-corrected chi connectivity index (χ4v) is 3.88. The Morgan fingerprint density at radius 3 is 2.60 bits per heavy atom. The molecule has 0 amide bonds. The molecule has 1 N–H and O–H groups in total. The Labute approximate surface area is 134 Å². The van der Waals surface area contributed by atoms with Gasteiger partial charge in [0.2, 0.25) is 0 Å². The molecule has 20 heavy (non-hydrogen) atoms. The standard InChI is InChI=1S/C17H22BrNS/c1-12(2)19-11-15(10-16-7-8-17(18)20-16)14-6-4-5-13(3)9-14/h4-9,12,15,19H,10-11H2,1-3H3. The number of rotatable bonds is 6. The average molecular weight is 352 g/mol. The minimum atomic E-state index is 0.525. The maximum Gasteiger partial charge on any atom is 0.0701 e. The van der Waals surface area contributed by atoms with Gasteiger partial charge < -0.3 is 5.32 Å². The third-order valence-corrected chi connectivity index (χ3v) is 5.01. The van der Waals surface area contributed by atoms with Crippen LogP contribution in [0, 0.1) is 6.92 Å². The predicted octanol–water partition coefficient (Wildman–Crippen LogP) is 5.14. The van der Waals surface area contributed by atoms with Gasteiger partial charge in [-0.3, -0.25) is 0 Å². The molecule has 0 saturated carbocycles. The van der Waals surface area contributed by atoms with Crippen LogP contribution in [0.15, 0.2) is 40.2 Å². The molecule has 0 fully saturated rings. The average Bonchev–Trinajstić information content (AvgIpc) is 2.80. The van der Waals surface area contributed by atoms with E-state index in [4.69, 9.17) is 0 Å². The van der Waals surface area contributed by atoms with E-state index in [-0.39, 0.29) is 0 Å². The molecule has 3 heteroatoms. The fourth-order valence-electron chi connectivity index (χ4n) is 2.31. The van der Waals surface area contributed by atoms with Crippen LogP contribution in [0.5, 0.6) is 0 Å². The molecular weight excluding hydrogens is 330 g/mol. The molecule has 0 bridgehead atoms. The Balaban J connectivity index is 2.15. The highest BCUT2D eigenvalue weighted by atomic mass is 79.9. The van der Waals surface area contributed by atoms with Gasteiger partial charge in [0, 0.05) is 23.4 Å². The Hall–Kier alpha value is -0.640. The molecule has 2 rings (SSSR count). The van der Waals surface area contributed by atoms with Gasteiger partial charge in [-0.05, 0) is 47.0 Å². The first-order valence-corrected chi connectivity index (χ1v) is 8.69. The number of aryl methyl sites for hydroxylation is 1. The van der Waals surface area contributed by atoms with Crippen LogP contribution in [-0.4, -0.2) is 12.6 Å². The van der Waals surface area contributed by atoms with Crippen molar-refractivity contribution in [2.45, 2.75) is 39.2 Å². The van der Waals surface area contributed by atoms with Gasteiger partial charge in [0.25, 0.3) is 0 Å². The van der Waals surface area contributed by atoms with E-state index in [0.717, 1.165) is 13.0 Å². The molecule has 0 aliphatic heterocycles. The molecule has 1 atom stereocenters. The topological polar surface area (TPSA) is 12.0 Å². The van der Waals surface area contributed by atoms with E-state index in [1.54, 1.807) is 0 Å². The van der Waals surface area contributed by atoms with Crippen LogP contribution >= 0.6 is 27.3 Å². The van der Waals surface area contributed by atoms with Crippen molar-refractivity contribution < 1.29 is 0 Å². The van der Waals surface area contributed by atoms with E-state index in [1.807, 2.05) is 11.3 Å². The lowest BCUT2D eigenvalue weighted by molar-refractivity contribution is 0.528. The summed E-state index contributed by atoms with van der Waals surface area (Å²) in [5.41, 5.74) is 2.77. The van der Waals surface area contributed by atoms with Crippen molar-refractivity contribution in [2.75, 3.05) is 6.54 Å². The largest absolute Gasteiger partial charge is 0.314 e. The normalized spacial score (nSPS) is 12.8. The number of hydrogen-bond donors (Lipinski definition) is 1. The monoisotopic (exact) mass is 351 g/mol. The summed E-state index contributed by atoms with van der Waals surface area (Å²) >= 11 is 5.39. The molecule has 1 heterocycles. The molecule has 0 aliphatic rings. The van der Waals surface area contributed by atoms with Crippen molar-refractivity contribution in [3.8, 4) is 0 Å². The number of nitrogens with one attached hydrogen (secondary N) is 1. The first kappa shape index (κ1) is 15.7. The van der Waals surface area contributed by atoms with E-state index >= 15 is 0 Å². The molecule has 1 nitrogen and oxygen atoms in total.